The first kappa shape index (κ1) is 15.8. The zero-order valence-electron chi connectivity index (χ0n) is 10.6. The molecule has 1 heterocycles. The Labute approximate surface area is 130 Å². The molecule has 0 saturated carbocycles. The third-order valence-electron chi connectivity index (χ3n) is 2.60. The quantitative estimate of drug-likeness (QED) is 0.832. The van der Waals surface area contributed by atoms with E-state index in [1.807, 2.05) is 0 Å². The summed E-state index contributed by atoms with van der Waals surface area (Å²) < 4.78 is 44.4. The second-order valence-electron chi connectivity index (χ2n) is 3.96. The van der Waals surface area contributed by atoms with Crippen molar-refractivity contribution >= 4 is 38.9 Å². The molecule has 112 valence electrons. The van der Waals surface area contributed by atoms with Gasteiger partial charge in [0, 0.05) is 4.47 Å². The van der Waals surface area contributed by atoms with Gasteiger partial charge in [-0.1, -0.05) is 0 Å². The fourth-order valence-electron chi connectivity index (χ4n) is 1.63. The van der Waals surface area contributed by atoms with Gasteiger partial charge in [0.25, 0.3) is 5.91 Å². The SMILES string of the molecule is COc1ccc(NC(=O)c2sccc2Br)c(C(F)(F)F)c1. The summed E-state index contributed by atoms with van der Waals surface area (Å²) in [7, 11) is 1.27. The molecule has 3 nitrogen and oxygen atoms in total. The molecule has 0 bridgehead atoms. The Kier molecular flexibility index (Phi) is 4.58. The lowest BCUT2D eigenvalue weighted by Gasteiger charge is -2.14. The Morgan fingerprint density at radius 2 is 2.05 bits per heavy atom. The highest BCUT2D eigenvalue weighted by Gasteiger charge is 2.34. The van der Waals surface area contributed by atoms with Crippen molar-refractivity contribution in [1.82, 2.24) is 0 Å². The molecule has 0 aliphatic rings. The summed E-state index contributed by atoms with van der Waals surface area (Å²) >= 11 is 4.30. The number of anilines is 1. The van der Waals surface area contributed by atoms with Gasteiger partial charge in [0.2, 0.25) is 0 Å². The average molecular weight is 380 g/mol. The number of alkyl halides is 3. The molecule has 8 heteroatoms. The van der Waals surface area contributed by atoms with E-state index in [0.717, 1.165) is 17.4 Å². The predicted molar refractivity (Wildman–Crippen MR) is 78.0 cm³/mol. The van der Waals surface area contributed by atoms with Crippen molar-refractivity contribution < 1.29 is 22.7 Å². The monoisotopic (exact) mass is 379 g/mol. The highest BCUT2D eigenvalue weighted by Crippen LogP contribution is 2.37. The summed E-state index contributed by atoms with van der Waals surface area (Å²) in [5.74, 6) is -0.537. The van der Waals surface area contributed by atoms with Crippen LogP contribution in [0.15, 0.2) is 34.1 Å². The van der Waals surface area contributed by atoms with Gasteiger partial charge >= 0.3 is 6.18 Å². The van der Waals surface area contributed by atoms with E-state index in [0.29, 0.717) is 9.35 Å². The van der Waals surface area contributed by atoms with Crippen molar-refractivity contribution in [3.8, 4) is 5.75 Å². The smallest absolute Gasteiger partial charge is 0.418 e. The van der Waals surface area contributed by atoms with Crippen molar-refractivity contribution in [1.29, 1.82) is 0 Å². The molecule has 2 rings (SSSR count). The summed E-state index contributed by atoms with van der Waals surface area (Å²) in [4.78, 5) is 12.3. The Bertz CT molecular complexity index is 670. The van der Waals surface area contributed by atoms with Crippen LogP contribution in [-0.4, -0.2) is 13.0 Å². The minimum atomic E-state index is -4.59. The van der Waals surface area contributed by atoms with Gasteiger partial charge in [-0.2, -0.15) is 13.2 Å². The number of hydrogen-bond acceptors (Lipinski definition) is 3. The van der Waals surface area contributed by atoms with Gasteiger partial charge < -0.3 is 10.1 Å². The van der Waals surface area contributed by atoms with Crippen molar-refractivity contribution in [2.24, 2.45) is 0 Å². The van der Waals surface area contributed by atoms with Gasteiger partial charge in [-0.15, -0.1) is 11.3 Å². The van der Waals surface area contributed by atoms with Crippen LogP contribution in [-0.2, 0) is 6.18 Å². The summed E-state index contributed by atoms with van der Waals surface area (Å²) in [6, 6.07) is 5.02. The molecule has 1 aromatic carbocycles. The molecule has 0 radical (unpaired) electrons. The first-order chi connectivity index (χ1) is 9.82. The average Bonchev–Trinajstić information content (AvgIpc) is 2.84. The summed E-state index contributed by atoms with van der Waals surface area (Å²) in [5.41, 5.74) is -1.27. The Balaban J connectivity index is 2.36. The van der Waals surface area contributed by atoms with Gasteiger partial charge in [0.05, 0.1) is 18.4 Å². The lowest BCUT2D eigenvalue weighted by molar-refractivity contribution is -0.137. The first-order valence-corrected chi connectivity index (χ1v) is 7.29. The van der Waals surface area contributed by atoms with Crippen LogP contribution in [0.1, 0.15) is 15.2 Å². The number of ether oxygens (including phenoxy) is 1. The van der Waals surface area contributed by atoms with Crippen LogP contribution in [0.4, 0.5) is 18.9 Å². The van der Waals surface area contributed by atoms with Crippen LogP contribution in [0.25, 0.3) is 0 Å². The molecule has 1 aromatic heterocycles. The Morgan fingerprint density at radius 1 is 1.33 bits per heavy atom. The van der Waals surface area contributed by atoms with Gasteiger partial charge in [-0.25, -0.2) is 0 Å². The molecule has 0 fully saturated rings. The zero-order valence-corrected chi connectivity index (χ0v) is 13.0. The molecule has 2 aromatic rings. The second-order valence-corrected chi connectivity index (χ2v) is 5.73. The van der Waals surface area contributed by atoms with E-state index < -0.39 is 17.6 Å². The topological polar surface area (TPSA) is 38.3 Å². The number of benzene rings is 1. The number of carbonyl (C=O) groups excluding carboxylic acids is 1. The first-order valence-electron chi connectivity index (χ1n) is 5.62. The fraction of sp³-hybridized carbons (Fsp3) is 0.154. The maximum absolute atomic E-state index is 13.0. The number of rotatable bonds is 3. The Hall–Kier alpha value is -1.54. The number of amides is 1. The molecule has 1 N–H and O–H groups in total. The van der Waals surface area contributed by atoms with Crippen molar-refractivity contribution in [2.45, 2.75) is 6.18 Å². The molecule has 0 saturated heterocycles. The molecule has 21 heavy (non-hydrogen) atoms. The highest BCUT2D eigenvalue weighted by molar-refractivity contribution is 9.10. The molecular formula is C13H9BrF3NO2S. The van der Waals surface area contributed by atoms with E-state index in [-0.39, 0.29) is 11.4 Å². The third-order valence-corrected chi connectivity index (χ3v) is 4.44. The number of carbonyl (C=O) groups is 1. The third kappa shape index (κ3) is 3.56. The number of thiophene rings is 1. The maximum Gasteiger partial charge on any atom is 0.418 e. The van der Waals surface area contributed by atoms with E-state index in [9.17, 15) is 18.0 Å². The minimum Gasteiger partial charge on any atom is -0.497 e. The standard InChI is InChI=1S/C13H9BrF3NO2S/c1-20-7-2-3-10(8(6-7)13(15,16)17)18-12(19)11-9(14)4-5-21-11/h2-6H,1H3,(H,18,19). The summed E-state index contributed by atoms with van der Waals surface area (Å²) in [6.45, 7) is 0. The van der Waals surface area contributed by atoms with Crippen molar-refractivity contribution in [3.63, 3.8) is 0 Å². The number of hydrogen-bond donors (Lipinski definition) is 1. The van der Waals surface area contributed by atoms with E-state index in [2.05, 4.69) is 21.2 Å². The van der Waals surface area contributed by atoms with Crippen LogP contribution < -0.4 is 10.1 Å². The van der Waals surface area contributed by atoms with Crippen LogP contribution in [0, 0.1) is 0 Å². The van der Waals surface area contributed by atoms with E-state index >= 15 is 0 Å². The zero-order chi connectivity index (χ0) is 15.6. The molecule has 0 unspecified atom stereocenters. The van der Waals surface area contributed by atoms with Gasteiger partial charge in [0.15, 0.2) is 0 Å². The lowest BCUT2D eigenvalue weighted by atomic mass is 10.1. The van der Waals surface area contributed by atoms with Gasteiger partial charge in [-0.3, -0.25) is 4.79 Å². The fourth-order valence-corrected chi connectivity index (χ4v) is 3.08. The van der Waals surface area contributed by atoms with Crippen LogP contribution in [0.3, 0.4) is 0 Å². The lowest BCUT2D eigenvalue weighted by Crippen LogP contribution is -2.16. The van der Waals surface area contributed by atoms with E-state index in [4.69, 9.17) is 4.74 Å². The molecular weight excluding hydrogens is 371 g/mol. The maximum atomic E-state index is 13.0. The number of nitrogens with one attached hydrogen (secondary N) is 1. The van der Waals surface area contributed by atoms with Crippen LogP contribution >= 0.6 is 27.3 Å². The molecule has 0 spiro atoms. The van der Waals surface area contributed by atoms with Gasteiger partial charge in [0.1, 0.15) is 10.6 Å². The Morgan fingerprint density at radius 3 is 2.57 bits per heavy atom. The van der Waals surface area contributed by atoms with Gasteiger partial charge in [-0.05, 0) is 45.6 Å². The second kappa shape index (κ2) is 6.07. The number of methoxy groups -OCH3 is 1. The predicted octanol–water partition coefficient (Wildman–Crippen LogP) is 4.79. The van der Waals surface area contributed by atoms with Crippen molar-refractivity contribution in [2.75, 3.05) is 12.4 Å². The highest BCUT2D eigenvalue weighted by atomic mass is 79.9. The molecule has 1 amide bonds. The van der Waals surface area contributed by atoms with E-state index in [1.165, 1.54) is 19.2 Å². The van der Waals surface area contributed by atoms with E-state index in [1.54, 1.807) is 11.4 Å². The van der Waals surface area contributed by atoms with Crippen molar-refractivity contribution in [3.05, 3.63) is 44.6 Å². The molecule has 0 aliphatic heterocycles. The number of halogens is 4. The van der Waals surface area contributed by atoms with Crippen LogP contribution in [0.5, 0.6) is 5.75 Å². The summed E-state index contributed by atoms with van der Waals surface area (Å²) in [5, 5.41) is 3.94. The largest absolute Gasteiger partial charge is 0.497 e. The molecule has 0 aliphatic carbocycles. The minimum absolute atomic E-state index is 0.0672. The molecule has 0 atom stereocenters. The normalized spacial score (nSPS) is 11.3. The van der Waals surface area contributed by atoms with Crippen LogP contribution in [0.2, 0.25) is 0 Å². The summed E-state index contributed by atoms with van der Waals surface area (Å²) in [6.07, 6.45) is -4.59.